The highest BCUT2D eigenvalue weighted by atomic mass is 16.5. The largest absolute Gasteiger partial charge is 0.493 e. The molecule has 4 rings (SSSR count). The predicted molar refractivity (Wildman–Crippen MR) is 150 cm³/mol. The minimum absolute atomic E-state index is 0.0663. The number of likely N-dealkylation sites (tertiary alicyclic amines) is 2. The predicted octanol–water partition coefficient (Wildman–Crippen LogP) is 2.68. The molecule has 216 valence electrons. The van der Waals surface area contributed by atoms with E-state index in [-0.39, 0.29) is 30.3 Å². The maximum absolute atomic E-state index is 13.7. The van der Waals surface area contributed by atoms with Gasteiger partial charge in [-0.15, -0.1) is 0 Å². The molecule has 0 spiro atoms. The summed E-state index contributed by atoms with van der Waals surface area (Å²) in [4.78, 5) is 46.8. The summed E-state index contributed by atoms with van der Waals surface area (Å²) in [5.41, 5.74) is 2.12. The van der Waals surface area contributed by atoms with E-state index in [0.717, 1.165) is 68.6 Å². The number of hydrogen-bond donors (Lipinski definition) is 1. The maximum Gasteiger partial charge on any atom is 0.308 e. The van der Waals surface area contributed by atoms with Crippen LogP contribution in [-0.4, -0.2) is 115 Å². The maximum atomic E-state index is 13.7. The topological polar surface area (TPSA) is 93.6 Å². The van der Waals surface area contributed by atoms with E-state index in [9.17, 15) is 19.5 Å². The minimum Gasteiger partial charge on any atom is -0.493 e. The van der Waals surface area contributed by atoms with Crippen molar-refractivity contribution in [3.63, 3.8) is 0 Å². The molecule has 1 aromatic carbocycles. The molecule has 1 N–H and O–H groups in total. The van der Waals surface area contributed by atoms with Crippen LogP contribution in [-0.2, 0) is 20.8 Å². The summed E-state index contributed by atoms with van der Waals surface area (Å²) in [5.74, 6) is -0.616. The van der Waals surface area contributed by atoms with Crippen molar-refractivity contribution < 1.29 is 24.2 Å². The first-order valence-electron chi connectivity index (χ1n) is 14.7. The molecule has 0 aromatic heterocycles. The first-order valence-corrected chi connectivity index (χ1v) is 14.7. The van der Waals surface area contributed by atoms with E-state index < -0.39 is 11.9 Å². The van der Waals surface area contributed by atoms with E-state index in [2.05, 4.69) is 22.8 Å². The Hall–Kier alpha value is -2.65. The zero-order valence-corrected chi connectivity index (χ0v) is 23.9. The van der Waals surface area contributed by atoms with Gasteiger partial charge in [0.05, 0.1) is 19.1 Å². The van der Waals surface area contributed by atoms with Crippen LogP contribution in [0.1, 0.15) is 62.5 Å². The van der Waals surface area contributed by atoms with Crippen molar-refractivity contribution in [3.05, 3.63) is 29.3 Å². The second-order valence-electron chi connectivity index (χ2n) is 11.6. The van der Waals surface area contributed by atoms with Crippen LogP contribution in [0, 0.1) is 5.92 Å². The summed E-state index contributed by atoms with van der Waals surface area (Å²) in [6, 6.07) is 5.74. The summed E-state index contributed by atoms with van der Waals surface area (Å²) in [6.45, 7) is 7.10. The van der Waals surface area contributed by atoms with Crippen LogP contribution in [0.4, 0.5) is 0 Å². The SMILES string of the molecule is CCCCN(CCCN(C)C)C(=O)CN1C[C@H](c2ccc3c(c2)CCO3)C(C(=O)O)[C@@H]1CCN1CCCC1=O. The molecule has 3 atom stereocenters. The number of amides is 2. The molecule has 39 heavy (non-hydrogen) atoms. The summed E-state index contributed by atoms with van der Waals surface area (Å²) in [6.07, 6.45) is 5.67. The van der Waals surface area contributed by atoms with Crippen LogP contribution in [0.5, 0.6) is 5.75 Å². The van der Waals surface area contributed by atoms with Crippen molar-refractivity contribution in [2.24, 2.45) is 5.92 Å². The first kappa shape index (κ1) is 29.3. The van der Waals surface area contributed by atoms with Crippen molar-refractivity contribution >= 4 is 17.8 Å². The fourth-order valence-corrected chi connectivity index (χ4v) is 6.42. The molecule has 0 radical (unpaired) electrons. The number of carboxylic acid groups (broad SMARTS) is 1. The van der Waals surface area contributed by atoms with Gasteiger partial charge in [0.2, 0.25) is 11.8 Å². The highest BCUT2D eigenvalue weighted by molar-refractivity contribution is 5.79. The summed E-state index contributed by atoms with van der Waals surface area (Å²) < 4.78 is 5.68. The van der Waals surface area contributed by atoms with Gasteiger partial charge in [-0.2, -0.15) is 0 Å². The quantitative estimate of drug-likeness (QED) is 0.386. The lowest BCUT2D eigenvalue weighted by molar-refractivity contribution is -0.144. The smallest absolute Gasteiger partial charge is 0.308 e. The summed E-state index contributed by atoms with van der Waals surface area (Å²) in [7, 11) is 4.07. The van der Waals surface area contributed by atoms with Gasteiger partial charge in [-0.3, -0.25) is 19.3 Å². The van der Waals surface area contributed by atoms with Crippen LogP contribution < -0.4 is 4.74 Å². The lowest BCUT2D eigenvalue weighted by atomic mass is 9.83. The number of hydrogen-bond acceptors (Lipinski definition) is 6. The Morgan fingerprint density at radius 3 is 2.62 bits per heavy atom. The molecule has 2 saturated heterocycles. The van der Waals surface area contributed by atoms with Crippen LogP contribution in [0.2, 0.25) is 0 Å². The van der Waals surface area contributed by atoms with Crippen LogP contribution in [0.15, 0.2) is 18.2 Å². The molecule has 9 nitrogen and oxygen atoms in total. The molecule has 3 heterocycles. The monoisotopic (exact) mass is 542 g/mol. The second-order valence-corrected chi connectivity index (χ2v) is 11.6. The third-order valence-corrected chi connectivity index (χ3v) is 8.55. The lowest BCUT2D eigenvalue weighted by Crippen LogP contribution is -2.46. The molecule has 9 heteroatoms. The number of unbranched alkanes of at least 4 members (excludes halogenated alkanes) is 1. The fourth-order valence-electron chi connectivity index (χ4n) is 6.42. The number of rotatable bonds is 14. The van der Waals surface area contributed by atoms with E-state index in [4.69, 9.17) is 4.74 Å². The lowest BCUT2D eigenvalue weighted by Gasteiger charge is -2.31. The third kappa shape index (κ3) is 7.31. The van der Waals surface area contributed by atoms with Crippen molar-refractivity contribution in [2.75, 3.05) is 66.5 Å². The number of benzene rings is 1. The van der Waals surface area contributed by atoms with Gasteiger partial charge in [0, 0.05) is 57.5 Å². The highest BCUT2D eigenvalue weighted by Gasteiger charge is 2.47. The third-order valence-electron chi connectivity index (χ3n) is 8.55. The van der Waals surface area contributed by atoms with Gasteiger partial charge in [0.15, 0.2) is 0 Å². The average molecular weight is 543 g/mol. The zero-order valence-electron chi connectivity index (χ0n) is 23.9. The average Bonchev–Trinajstić information content (AvgIpc) is 3.62. The van der Waals surface area contributed by atoms with E-state index in [1.807, 2.05) is 36.0 Å². The van der Waals surface area contributed by atoms with Crippen LogP contribution in [0.3, 0.4) is 0 Å². The zero-order chi connectivity index (χ0) is 27.9. The molecule has 2 amide bonds. The summed E-state index contributed by atoms with van der Waals surface area (Å²) >= 11 is 0. The Kier molecular flexibility index (Phi) is 10.2. The van der Waals surface area contributed by atoms with Gasteiger partial charge in [-0.1, -0.05) is 25.5 Å². The Bertz CT molecular complexity index is 1020. The minimum atomic E-state index is -0.835. The Morgan fingerprint density at radius 1 is 1.13 bits per heavy atom. The Morgan fingerprint density at radius 2 is 1.92 bits per heavy atom. The van der Waals surface area contributed by atoms with Crippen molar-refractivity contribution in [2.45, 2.75) is 63.8 Å². The molecule has 2 fully saturated rings. The molecule has 1 unspecified atom stereocenters. The number of ether oxygens (including phenoxy) is 1. The first-order chi connectivity index (χ1) is 18.8. The van der Waals surface area contributed by atoms with Crippen LogP contribution in [0.25, 0.3) is 0 Å². The van der Waals surface area contributed by atoms with Gasteiger partial charge in [0.1, 0.15) is 5.75 Å². The van der Waals surface area contributed by atoms with Gasteiger partial charge >= 0.3 is 5.97 Å². The summed E-state index contributed by atoms with van der Waals surface area (Å²) in [5, 5.41) is 10.5. The number of carbonyl (C=O) groups excluding carboxylic acids is 2. The molecule has 3 aliphatic rings. The van der Waals surface area contributed by atoms with Crippen molar-refractivity contribution in [1.82, 2.24) is 19.6 Å². The molecular formula is C30H46N4O5. The van der Waals surface area contributed by atoms with Crippen molar-refractivity contribution in [3.8, 4) is 5.75 Å². The molecule has 0 aliphatic carbocycles. The standard InChI is InChI=1S/C30H46N4O5/c1-4-5-14-32(16-7-13-31(2)3)28(36)21-34-20-24(22-9-10-26-23(19-22)12-18-39-26)29(30(37)38)25(34)11-17-33-15-6-8-27(33)35/h9-10,19,24-25,29H,4-8,11-18,20-21H2,1-3H3,(H,37,38)/t24-,25+,29?/m1/s1. The van der Waals surface area contributed by atoms with E-state index in [0.29, 0.717) is 39.1 Å². The number of aliphatic carboxylic acids is 1. The van der Waals surface area contributed by atoms with E-state index in [1.165, 1.54) is 0 Å². The number of fused-ring (bicyclic) bond motifs is 1. The fraction of sp³-hybridized carbons (Fsp3) is 0.700. The van der Waals surface area contributed by atoms with Gasteiger partial charge < -0.3 is 24.5 Å². The van der Waals surface area contributed by atoms with Crippen LogP contribution >= 0.6 is 0 Å². The second kappa shape index (κ2) is 13.6. The van der Waals surface area contributed by atoms with Gasteiger partial charge in [-0.25, -0.2) is 0 Å². The van der Waals surface area contributed by atoms with Crippen molar-refractivity contribution in [1.29, 1.82) is 0 Å². The molecule has 3 aliphatic heterocycles. The number of nitrogens with zero attached hydrogens (tertiary/aromatic N) is 4. The molecular weight excluding hydrogens is 496 g/mol. The normalized spacial score (nSPS) is 22.9. The van der Waals surface area contributed by atoms with Gasteiger partial charge in [0.25, 0.3) is 0 Å². The number of carbonyl (C=O) groups is 3. The van der Waals surface area contributed by atoms with Gasteiger partial charge in [-0.05, 0) is 63.5 Å². The Balaban J connectivity index is 1.55. The highest BCUT2D eigenvalue weighted by Crippen LogP contribution is 2.41. The van der Waals surface area contributed by atoms with E-state index >= 15 is 0 Å². The Labute approximate surface area is 233 Å². The number of carboxylic acids is 1. The molecule has 0 saturated carbocycles. The molecule has 0 bridgehead atoms. The van der Waals surface area contributed by atoms with E-state index in [1.54, 1.807) is 0 Å². The molecule has 1 aromatic rings.